The fraction of sp³-hybridized carbons (Fsp3) is 0.400. The first kappa shape index (κ1) is 12.7. The number of hydrogen-bond acceptors (Lipinski definition) is 2. The molecule has 96 valence electrons. The smallest absolute Gasteiger partial charge is 0.336 e. The van der Waals surface area contributed by atoms with Gasteiger partial charge in [0.2, 0.25) is 0 Å². The Labute approximate surface area is 106 Å². The number of hydrogen-bond donors (Lipinski definition) is 1. The van der Waals surface area contributed by atoms with Crippen molar-refractivity contribution in [1.29, 1.82) is 0 Å². The summed E-state index contributed by atoms with van der Waals surface area (Å²) in [6.07, 6.45) is 1.56. The minimum Gasteiger partial charge on any atom is -0.478 e. The van der Waals surface area contributed by atoms with E-state index < -0.39 is 5.97 Å². The van der Waals surface area contributed by atoms with E-state index in [9.17, 15) is 9.90 Å². The lowest BCUT2D eigenvalue weighted by atomic mass is 9.89. The van der Waals surface area contributed by atoms with Gasteiger partial charge in [0, 0.05) is 5.39 Å². The quantitative estimate of drug-likeness (QED) is 0.874. The Morgan fingerprint density at radius 3 is 2.28 bits per heavy atom. The van der Waals surface area contributed by atoms with Crippen LogP contribution >= 0.6 is 0 Å². The molecule has 1 aromatic carbocycles. The number of carbonyl (C=O) groups is 1. The van der Waals surface area contributed by atoms with E-state index >= 15 is 0 Å². The second-order valence-electron chi connectivity index (χ2n) is 5.21. The van der Waals surface area contributed by atoms with Crippen LogP contribution in [0.2, 0.25) is 0 Å². The van der Waals surface area contributed by atoms with Crippen molar-refractivity contribution in [2.45, 2.75) is 39.5 Å². The number of fused-ring (bicyclic) bond motifs is 1. The number of aromatic carboxylic acids is 1. The van der Waals surface area contributed by atoms with E-state index in [2.05, 4.69) is 13.8 Å². The van der Waals surface area contributed by atoms with Gasteiger partial charge in [0.15, 0.2) is 0 Å². The fourth-order valence-corrected chi connectivity index (χ4v) is 2.31. The lowest BCUT2D eigenvalue weighted by Crippen LogP contribution is -2.06. The zero-order chi connectivity index (χ0) is 13.4. The summed E-state index contributed by atoms with van der Waals surface area (Å²) < 4.78 is 5.47. The summed E-state index contributed by atoms with van der Waals surface area (Å²) in [7, 11) is 0. The summed E-state index contributed by atoms with van der Waals surface area (Å²) in [5, 5.41) is 10.1. The molecule has 0 atom stereocenters. The lowest BCUT2D eigenvalue weighted by Gasteiger charge is -2.15. The third-order valence-corrected chi connectivity index (χ3v) is 3.25. The third-order valence-electron chi connectivity index (χ3n) is 3.25. The lowest BCUT2D eigenvalue weighted by molar-refractivity contribution is 0.0697. The van der Waals surface area contributed by atoms with Crippen LogP contribution in [0.15, 0.2) is 22.8 Å². The van der Waals surface area contributed by atoms with E-state index in [4.69, 9.17) is 4.42 Å². The van der Waals surface area contributed by atoms with Crippen molar-refractivity contribution in [3.63, 3.8) is 0 Å². The van der Waals surface area contributed by atoms with E-state index in [0.29, 0.717) is 22.5 Å². The molecule has 1 heterocycles. The first-order chi connectivity index (χ1) is 8.43. The first-order valence-corrected chi connectivity index (χ1v) is 6.20. The van der Waals surface area contributed by atoms with Gasteiger partial charge in [0.1, 0.15) is 5.58 Å². The maximum Gasteiger partial charge on any atom is 0.336 e. The molecule has 3 nitrogen and oxygen atoms in total. The second-order valence-corrected chi connectivity index (χ2v) is 5.21. The van der Waals surface area contributed by atoms with Crippen molar-refractivity contribution in [1.82, 2.24) is 0 Å². The van der Waals surface area contributed by atoms with Gasteiger partial charge in [-0.1, -0.05) is 33.8 Å². The number of benzene rings is 1. The van der Waals surface area contributed by atoms with Crippen molar-refractivity contribution in [2.75, 3.05) is 0 Å². The van der Waals surface area contributed by atoms with Gasteiger partial charge in [0.25, 0.3) is 0 Å². The molecule has 18 heavy (non-hydrogen) atoms. The molecule has 2 rings (SSSR count). The maximum absolute atomic E-state index is 11.5. The second kappa shape index (κ2) is 4.48. The molecule has 0 saturated heterocycles. The van der Waals surface area contributed by atoms with E-state index in [-0.39, 0.29) is 5.92 Å². The Balaban J connectivity index is 2.88. The summed E-state index contributed by atoms with van der Waals surface area (Å²) in [5.74, 6) is -0.410. The molecular formula is C15H18O3. The van der Waals surface area contributed by atoms with E-state index in [0.717, 1.165) is 11.1 Å². The monoisotopic (exact) mass is 246 g/mol. The molecule has 0 aliphatic rings. The van der Waals surface area contributed by atoms with E-state index in [1.165, 1.54) is 0 Å². The molecule has 0 aliphatic heterocycles. The van der Waals surface area contributed by atoms with E-state index in [1.54, 1.807) is 12.3 Å². The minimum absolute atomic E-state index is 0.174. The minimum atomic E-state index is -0.889. The number of carboxylic acids is 1. The van der Waals surface area contributed by atoms with Crippen molar-refractivity contribution in [3.8, 4) is 0 Å². The van der Waals surface area contributed by atoms with Gasteiger partial charge in [-0.3, -0.25) is 0 Å². The molecule has 1 aromatic heterocycles. The van der Waals surface area contributed by atoms with Crippen LogP contribution in [0.1, 0.15) is 61.0 Å². The first-order valence-electron chi connectivity index (χ1n) is 6.20. The number of carboxylic acid groups (broad SMARTS) is 1. The Hall–Kier alpha value is -1.77. The topological polar surface area (TPSA) is 50.4 Å². The molecule has 3 heteroatoms. The van der Waals surface area contributed by atoms with Crippen LogP contribution in [-0.2, 0) is 0 Å². The van der Waals surface area contributed by atoms with Gasteiger partial charge in [0.05, 0.1) is 11.8 Å². The summed E-state index contributed by atoms with van der Waals surface area (Å²) in [6, 6.07) is 3.72. The highest BCUT2D eigenvalue weighted by Crippen LogP contribution is 2.34. The maximum atomic E-state index is 11.5. The van der Waals surface area contributed by atoms with Crippen LogP contribution in [0.4, 0.5) is 0 Å². The predicted octanol–water partition coefficient (Wildman–Crippen LogP) is 4.38. The van der Waals surface area contributed by atoms with Crippen LogP contribution < -0.4 is 0 Å². The van der Waals surface area contributed by atoms with Crippen molar-refractivity contribution in [3.05, 3.63) is 35.1 Å². The molecule has 1 N–H and O–H groups in total. The standard InChI is InChI=1S/C15H18O3/c1-8(2)11-7-12(9(3)4)14-10(5-6-18-14)13(11)15(16)17/h5-9H,1-4H3,(H,16,17). The average Bonchev–Trinajstić information content (AvgIpc) is 2.73. The molecule has 0 radical (unpaired) electrons. The van der Waals surface area contributed by atoms with Crippen molar-refractivity contribution in [2.24, 2.45) is 0 Å². The van der Waals surface area contributed by atoms with Crippen molar-refractivity contribution >= 4 is 16.9 Å². The highest BCUT2D eigenvalue weighted by molar-refractivity contribution is 6.04. The number of furan rings is 1. The third kappa shape index (κ3) is 1.90. The number of rotatable bonds is 3. The molecule has 0 aliphatic carbocycles. The largest absolute Gasteiger partial charge is 0.478 e. The van der Waals surface area contributed by atoms with Crippen LogP contribution in [-0.4, -0.2) is 11.1 Å². The Kier molecular flexibility index (Phi) is 3.16. The van der Waals surface area contributed by atoms with Crippen LogP contribution in [0.5, 0.6) is 0 Å². The molecule has 2 aromatic rings. The zero-order valence-electron chi connectivity index (χ0n) is 11.2. The van der Waals surface area contributed by atoms with Gasteiger partial charge in [-0.25, -0.2) is 4.79 Å². The van der Waals surface area contributed by atoms with Crippen LogP contribution in [0.25, 0.3) is 11.0 Å². The molecule has 0 unspecified atom stereocenters. The van der Waals surface area contributed by atoms with Crippen LogP contribution in [0.3, 0.4) is 0 Å². The highest BCUT2D eigenvalue weighted by Gasteiger charge is 2.22. The molecule has 0 saturated carbocycles. The SMILES string of the molecule is CC(C)c1cc(C(C)C)c2occc2c1C(=O)O. The molecule has 0 amide bonds. The summed E-state index contributed by atoms with van der Waals surface area (Å²) in [6.45, 7) is 8.19. The normalized spacial score (nSPS) is 11.7. The van der Waals surface area contributed by atoms with Gasteiger partial charge in [-0.05, 0) is 29.0 Å². The Morgan fingerprint density at radius 1 is 1.17 bits per heavy atom. The highest BCUT2D eigenvalue weighted by atomic mass is 16.4. The summed E-state index contributed by atoms with van der Waals surface area (Å²) in [5.41, 5.74) is 3.02. The van der Waals surface area contributed by atoms with Gasteiger partial charge >= 0.3 is 5.97 Å². The summed E-state index contributed by atoms with van der Waals surface area (Å²) in [4.78, 5) is 11.5. The molecular weight excluding hydrogens is 228 g/mol. The van der Waals surface area contributed by atoms with E-state index in [1.807, 2.05) is 19.9 Å². The van der Waals surface area contributed by atoms with Gasteiger partial charge in [-0.2, -0.15) is 0 Å². The van der Waals surface area contributed by atoms with Gasteiger partial charge in [-0.15, -0.1) is 0 Å². The summed E-state index contributed by atoms with van der Waals surface area (Å²) >= 11 is 0. The van der Waals surface area contributed by atoms with Crippen molar-refractivity contribution < 1.29 is 14.3 Å². The molecule has 0 fully saturated rings. The predicted molar refractivity (Wildman–Crippen MR) is 71.4 cm³/mol. The average molecular weight is 246 g/mol. The zero-order valence-corrected chi connectivity index (χ0v) is 11.2. The Bertz CT molecular complexity index is 591. The van der Waals surface area contributed by atoms with Crippen LogP contribution in [0, 0.1) is 0 Å². The molecule has 0 bridgehead atoms. The molecule has 0 spiro atoms. The van der Waals surface area contributed by atoms with Gasteiger partial charge < -0.3 is 9.52 Å². The fourth-order valence-electron chi connectivity index (χ4n) is 2.31. The Morgan fingerprint density at radius 2 is 1.78 bits per heavy atom.